The third-order valence-electron chi connectivity index (χ3n) is 5.98. The van der Waals surface area contributed by atoms with Gasteiger partial charge in [0.2, 0.25) is 0 Å². The number of nitriles is 1. The van der Waals surface area contributed by atoms with Crippen LogP contribution in [0, 0.1) is 17.2 Å². The standard InChI is InChI=1S/C25H21N3O2S/c1-14-7-9-18-21(11-14)31-25-22(18)24(29)27-23(28-25)16(13-26)12-19-17-6-4-3-5-15(17)8-10-20(19)30-2/h3-6,8,10,12,14H,7,9,11H2,1-2H3,(H,27,28,29)/b16-12+. The minimum atomic E-state index is -0.168. The summed E-state index contributed by atoms with van der Waals surface area (Å²) in [5.41, 5.74) is 2.06. The Hall–Kier alpha value is -3.43. The van der Waals surface area contributed by atoms with E-state index in [0.29, 0.717) is 33.3 Å². The summed E-state index contributed by atoms with van der Waals surface area (Å²) in [7, 11) is 1.61. The zero-order valence-corrected chi connectivity index (χ0v) is 18.2. The van der Waals surface area contributed by atoms with E-state index in [1.807, 2.05) is 36.4 Å². The van der Waals surface area contributed by atoms with Crippen molar-refractivity contribution >= 4 is 44.0 Å². The number of methoxy groups -OCH3 is 1. The second kappa shape index (κ2) is 7.68. The molecule has 0 bridgehead atoms. The van der Waals surface area contributed by atoms with Crippen LogP contribution in [0.2, 0.25) is 0 Å². The second-order valence-corrected chi connectivity index (χ2v) is 9.10. The number of H-pyrrole nitrogens is 1. The van der Waals surface area contributed by atoms with Crippen molar-refractivity contribution in [2.75, 3.05) is 7.11 Å². The summed E-state index contributed by atoms with van der Waals surface area (Å²) in [4.78, 5) is 22.5. The average molecular weight is 428 g/mol. The molecule has 0 spiro atoms. The summed E-state index contributed by atoms with van der Waals surface area (Å²) < 4.78 is 5.55. The number of hydrogen-bond acceptors (Lipinski definition) is 5. The molecular weight excluding hydrogens is 406 g/mol. The molecule has 6 heteroatoms. The van der Waals surface area contributed by atoms with Crippen LogP contribution < -0.4 is 10.3 Å². The summed E-state index contributed by atoms with van der Waals surface area (Å²) in [6.07, 6.45) is 4.74. The van der Waals surface area contributed by atoms with Gasteiger partial charge < -0.3 is 9.72 Å². The molecule has 5 rings (SSSR count). The molecule has 0 radical (unpaired) electrons. The van der Waals surface area contributed by atoms with E-state index < -0.39 is 0 Å². The quantitative estimate of drug-likeness (QED) is 0.448. The number of nitrogens with one attached hydrogen (secondary N) is 1. The fourth-order valence-electron chi connectivity index (χ4n) is 4.38. The molecule has 31 heavy (non-hydrogen) atoms. The average Bonchev–Trinajstić information content (AvgIpc) is 3.15. The fraction of sp³-hybridized carbons (Fsp3) is 0.240. The Balaban J connectivity index is 1.70. The topological polar surface area (TPSA) is 78.8 Å². The van der Waals surface area contributed by atoms with E-state index in [-0.39, 0.29) is 5.56 Å². The molecule has 0 aliphatic heterocycles. The Bertz CT molecular complexity index is 1460. The number of allylic oxidation sites excluding steroid dienone is 1. The van der Waals surface area contributed by atoms with Gasteiger partial charge in [0.05, 0.1) is 18.1 Å². The monoisotopic (exact) mass is 427 g/mol. The first-order valence-electron chi connectivity index (χ1n) is 10.3. The highest BCUT2D eigenvalue weighted by Crippen LogP contribution is 2.36. The van der Waals surface area contributed by atoms with Crippen molar-refractivity contribution < 1.29 is 4.74 Å². The minimum absolute atomic E-state index is 0.168. The third kappa shape index (κ3) is 3.31. The number of rotatable bonds is 3. The second-order valence-electron chi connectivity index (χ2n) is 8.02. The lowest BCUT2D eigenvalue weighted by Crippen LogP contribution is -2.14. The number of fused-ring (bicyclic) bond motifs is 4. The van der Waals surface area contributed by atoms with Crippen LogP contribution in [-0.2, 0) is 12.8 Å². The van der Waals surface area contributed by atoms with Crippen LogP contribution in [0.5, 0.6) is 5.75 Å². The summed E-state index contributed by atoms with van der Waals surface area (Å²) in [6.45, 7) is 2.24. The molecule has 0 fully saturated rings. The van der Waals surface area contributed by atoms with Crippen molar-refractivity contribution in [3.05, 3.63) is 68.6 Å². The molecule has 2 aromatic heterocycles. The van der Waals surface area contributed by atoms with Gasteiger partial charge in [-0.05, 0) is 53.7 Å². The number of hydrogen-bond donors (Lipinski definition) is 1. The first-order valence-corrected chi connectivity index (χ1v) is 11.1. The lowest BCUT2D eigenvalue weighted by Gasteiger charge is -2.17. The van der Waals surface area contributed by atoms with Crippen molar-refractivity contribution in [1.82, 2.24) is 9.97 Å². The lowest BCUT2D eigenvalue weighted by molar-refractivity contribution is 0.414. The van der Waals surface area contributed by atoms with Crippen LogP contribution in [0.4, 0.5) is 0 Å². The summed E-state index contributed by atoms with van der Waals surface area (Å²) in [6, 6.07) is 14.0. The summed E-state index contributed by atoms with van der Waals surface area (Å²) >= 11 is 1.58. The van der Waals surface area contributed by atoms with Gasteiger partial charge in [-0.25, -0.2) is 4.98 Å². The third-order valence-corrected chi connectivity index (χ3v) is 7.13. The Kier molecular flexibility index (Phi) is 4.84. The number of thiophene rings is 1. The van der Waals surface area contributed by atoms with Gasteiger partial charge >= 0.3 is 0 Å². The van der Waals surface area contributed by atoms with Gasteiger partial charge in [-0.2, -0.15) is 5.26 Å². The maximum Gasteiger partial charge on any atom is 0.260 e. The molecule has 0 saturated heterocycles. The van der Waals surface area contributed by atoms with Crippen LogP contribution in [0.15, 0.2) is 41.2 Å². The van der Waals surface area contributed by atoms with Gasteiger partial charge in [0.25, 0.3) is 5.56 Å². The zero-order chi connectivity index (χ0) is 21.5. The maximum absolute atomic E-state index is 13.0. The maximum atomic E-state index is 13.0. The number of aryl methyl sites for hydroxylation is 1. The smallest absolute Gasteiger partial charge is 0.260 e. The van der Waals surface area contributed by atoms with Crippen LogP contribution in [0.3, 0.4) is 0 Å². The lowest BCUT2D eigenvalue weighted by atomic mass is 9.89. The number of aromatic nitrogens is 2. The Morgan fingerprint density at radius 3 is 2.97 bits per heavy atom. The first kappa shape index (κ1) is 19.5. The number of aromatic amines is 1. The minimum Gasteiger partial charge on any atom is -0.496 e. The zero-order valence-electron chi connectivity index (χ0n) is 17.4. The van der Waals surface area contributed by atoms with E-state index in [2.05, 4.69) is 18.0 Å². The molecule has 1 N–H and O–H groups in total. The van der Waals surface area contributed by atoms with Gasteiger partial charge in [0.15, 0.2) is 5.82 Å². The molecule has 154 valence electrons. The van der Waals surface area contributed by atoms with Crippen LogP contribution in [0.25, 0.3) is 32.6 Å². The van der Waals surface area contributed by atoms with Crippen molar-refractivity contribution in [2.24, 2.45) is 5.92 Å². The fourth-order valence-corrected chi connectivity index (χ4v) is 5.76. The molecule has 1 atom stereocenters. The van der Waals surface area contributed by atoms with E-state index in [4.69, 9.17) is 9.72 Å². The van der Waals surface area contributed by atoms with Crippen molar-refractivity contribution in [2.45, 2.75) is 26.2 Å². The molecule has 1 aliphatic rings. The van der Waals surface area contributed by atoms with Gasteiger partial charge in [0, 0.05) is 10.4 Å². The molecule has 2 heterocycles. The summed E-state index contributed by atoms with van der Waals surface area (Å²) in [5.74, 6) is 1.57. The number of ether oxygens (including phenoxy) is 1. The number of benzene rings is 2. The molecule has 1 aliphatic carbocycles. The highest BCUT2D eigenvalue weighted by molar-refractivity contribution is 7.18. The first-order chi connectivity index (χ1) is 15.1. The SMILES string of the molecule is COc1ccc2ccccc2c1/C=C(\C#N)c1nc2sc3c(c2c(=O)[nH]1)CCC(C)C3. The van der Waals surface area contributed by atoms with E-state index >= 15 is 0 Å². The predicted octanol–water partition coefficient (Wildman–Crippen LogP) is 5.34. The highest BCUT2D eigenvalue weighted by Gasteiger charge is 2.23. The van der Waals surface area contributed by atoms with Crippen molar-refractivity contribution in [3.63, 3.8) is 0 Å². The number of nitrogens with zero attached hydrogens (tertiary/aromatic N) is 2. The van der Waals surface area contributed by atoms with Crippen LogP contribution >= 0.6 is 11.3 Å². The Morgan fingerprint density at radius 1 is 1.32 bits per heavy atom. The molecule has 5 nitrogen and oxygen atoms in total. The van der Waals surface area contributed by atoms with E-state index in [1.54, 1.807) is 24.5 Å². The molecular formula is C25H21N3O2S. The largest absolute Gasteiger partial charge is 0.496 e. The predicted molar refractivity (Wildman–Crippen MR) is 125 cm³/mol. The van der Waals surface area contributed by atoms with Gasteiger partial charge in [-0.15, -0.1) is 11.3 Å². The molecule has 2 aromatic carbocycles. The van der Waals surface area contributed by atoms with Gasteiger partial charge in [-0.3, -0.25) is 4.79 Å². The Labute approximate surface area is 183 Å². The van der Waals surface area contributed by atoms with E-state index in [1.165, 1.54) is 4.88 Å². The molecule has 0 amide bonds. The van der Waals surface area contributed by atoms with Gasteiger partial charge in [0.1, 0.15) is 16.6 Å². The van der Waals surface area contributed by atoms with Crippen LogP contribution in [-0.4, -0.2) is 17.1 Å². The highest BCUT2D eigenvalue weighted by atomic mass is 32.1. The molecule has 0 saturated carbocycles. The van der Waals surface area contributed by atoms with Crippen molar-refractivity contribution in [1.29, 1.82) is 5.26 Å². The van der Waals surface area contributed by atoms with E-state index in [9.17, 15) is 10.1 Å². The Morgan fingerprint density at radius 2 is 2.16 bits per heavy atom. The van der Waals surface area contributed by atoms with E-state index in [0.717, 1.165) is 41.2 Å². The molecule has 4 aromatic rings. The van der Waals surface area contributed by atoms with Crippen LogP contribution in [0.1, 0.15) is 35.2 Å². The summed E-state index contributed by atoms with van der Waals surface area (Å²) in [5, 5.41) is 12.6. The van der Waals surface area contributed by atoms with Gasteiger partial charge in [-0.1, -0.05) is 37.3 Å². The molecule has 1 unspecified atom stereocenters. The normalized spacial score (nSPS) is 16.3. The van der Waals surface area contributed by atoms with Crippen molar-refractivity contribution in [3.8, 4) is 11.8 Å².